The Labute approximate surface area is 99.6 Å². The zero-order valence-corrected chi connectivity index (χ0v) is 9.84. The van der Waals surface area contributed by atoms with Gasteiger partial charge >= 0.3 is 0 Å². The van der Waals surface area contributed by atoms with E-state index in [0.29, 0.717) is 13.2 Å². The predicted octanol–water partition coefficient (Wildman–Crippen LogP) is 3.35. The van der Waals surface area contributed by atoms with E-state index in [2.05, 4.69) is 6.92 Å². The van der Waals surface area contributed by atoms with Crippen LogP contribution in [0.15, 0.2) is 18.2 Å². The van der Waals surface area contributed by atoms with Crippen LogP contribution in [0.1, 0.15) is 36.5 Å². The lowest BCUT2D eigenvalue weighted by Gasteiger charge is -2.03. The molecule has 94 valence electrons. The number of rotatable bonds is 7. The first-order chi connectivity index (χ1) is 8.15. The van der Waals surface area contributed by atoms with Gasteiger partial charge in [0.2, 0.25) is 0 Å². The Hall–Kier alpha value is -1.29. The van der Waals surface area contributed by atoms with Crippen molar-refractivity contribution < 1.29 is 18.3 Å². The van der Waals surface area contributed by atoms with E-state index in [1.807, 2.05) is 0 Å². The normalized spacial score (nSPS) is 10.5. The summed E-state index contributed by atoms with van der Waals surface area (Å²) >= 11 is 0. The second-order valence-corrected chi connectivity index (χ2v) is 3.77. The minimum atomic E-state index is -0.997. The topological polar surface area (TPSA) is 26.3 Å². The Morgan fingerprint density at radius 2 is 2.00 bits per heavy atom. The van der Waals surface area contributed by atoms with Gasteiger partial charge in [-0.2, -0.15) is 0 Å². The highest BCUT2D eigenvalue weighted by atomic mass is 19.2. The van der Waals surface area contributed by atoms with Crippen LogP contribution in [0, 0.1) is 11.6 Å². The molecule has 0 aliphatic rings. The number of hydrogen-bond donors (Lipinski definition) is 0. The number of Topliss-reactive ketones (excluding diaryl/α,β-unsaturated/α-hetero) is 1. The van der Waals surface area contributed by atoms with Crippen LogP contribution in [0.5, 0.6) is 0 Å². The average Bonchev–Trinajstić information content (AvgIpc) is 2.32. The van der Waals surface area contributed by atoms with Gasteiger partial charge in [-0.1, -0.05) is 13.3 Å². The number of hydrogen-bond acceptors (Lipinski definition) is 2. The molecule has 2 nitrogen and oxygen atoms in total. The van der Waals surface area contributed by atoms with Crippen LogP contribution in [0.2, 0.25) is 0 Å². The predicted molar refractivity (Wildman–Crippen MR) is 61.0 cm³/mol. The first kappa shape index (κ1) is 13.8. The number of ether oxygens (including phenoxy) is 1. The van der Waals surface area contributed by atoms with Gasteiger partial charge in [-0.3, -0.25) is 4.79 Å². The van der Waals surface area contributed by atoms with E-state index in [1.54, 1.807) is 0 Å². The molecule has 0 radical (unpaired) electrons. The maximum Gasteiger partial charge on any atom is 0.165 e. The lowest BCUT2D eigenvalue weighted by Crippen LogP contribution is -2.06. The minimum Gasteiger partial charge on any atom is -0.381 e. The second kappa shape index (κ2) is 7.12. The van der Waals surface area contributed by atoms with Gasteiger partial charge in [0.05, 0.1) is 6.61 Å². The van der Waals surface area contributed by atoms with Crippen molar-refractivity contribution in [1.82, 2.24) is 0 Å². The van der Waals surface area contributed by atoms with Crippen LogP contribution in [-0.2, 0) is 4.74 Å². The van der Waals surface area contributed by atoms with Gasteiger partial charge < -0.3 is 4.74 Å². The molecule has 0 N–H and O–H groups in total. The monoisotopic (exact) mass is 242 g/mol. The first-order valence-electron chi connectivity index (χ1n) is 5.71. The van der Waals surface area contributed by atoms with E-state index in [4.69, 9.17) is 4.74 Å². The molecule has 0 amide bonds. The summed E-state index contributed by atoms with van der Waals surface area (Å²) in [7, 11) is 0. The van der Waals surface area contributed by atoms with Gasteiger partial charge in [-0.15, -0.1) is 0 Å². The maximum atomic E-state index is 12.9. The number of carbonyl (C=O) groups is 1. The maximum absolute atomic E-state index is 12.9. The fourth-order valence-electron chi connectivity index (χ4n) is 1.33. The van der Waals surface area contributed by atoms with E-state index in [0.717, 1.165) is 25.0 Å². The molecule has 0 aliphatic heterocycles. The van der Waals surface area contributed by atoms with Crippen molar-refractivity contribution in [3.63, 3.8) is 0 Å². The average molecular weight is 242 g/mol. The zero-order valence-electron chi connectivity index (χ0n) is 9.84. The standard InChI is InChI=1S/C13H16F2O2/c1-2-3-7-17-8-6-13(16)10-4-5-11(14)12(15)9-10/h4-5,9H,2-3,6-8H2,1H3. The molecule has 1 aromatic rings. The van der Waals surface area contributed by atoms with E-state index in [1.165, 1.54) is 6.07 Å². The summed E-state index contributed by atoms with van der Waals surface area (Å²) < 4.78 is 30.7. The fraction of sp³-hybridized carbons (Fsp3) is 0.462. The van der Waals surface area contributed by atoms with Gasteiger partial charge in [-0.25, -0.2) is 8.78 Å². The number of unbranched alkanes of at least 4 members (excludes halogenated alkanes) is 1. The molecule has 4 heteroatoms. The number of ketones is 1. The number of carbonyl (C=O) groups excluding carboxylic acids is 1. The van der Waals surface area contributed by atoms with Crippen molar-refractivity contribution in [3.05, 3.63) is 35.4 Å². The zero-order chi connectivity index (χ0) is 12.7. The Bertz CT molecular complexity index is 378. The summed E-state index contributed by atoms with van der Waals surface area (Å²) in [5, 5.41) is 0. The van der Waals surface area contributed by atoms with E-state index in [-0.39, 0.29) is 17.8 Å². The Morgan fingerprint density at radius 1 is 1.24 bits per heavy atom. The highest BCUT2D eigenvalue weighted by Gasteiger charge is 2.09. The highest BCUT2D eigenvalue weighted by molar-refractivity contribution is 5.96. The minimum absolute atomic E-state index is 0.183. The van der Waals surface area contributed by atoms with Gasteiger partial charge in [0.1, 0.15) is 0 Å². The van der Waals surface area contributed by atoms with Crippen LogP contribution in [0.25, 0.3) is 0 Å². The molecule has 1 rings (SSSR count). The summed E-state index contributed by atoms with van der Waals surface area (Å²) in [5.74, 6) is -2.18. The molecular weight excluding hydrogens is 226 g/mol. The largest absolute Gasteiger partial charge is 0.381 e. The van der Waals surface area contributed by atoms with Crippen LogP contribution >= 0.6 is 0 Å². The summed E-state index contributed by atoms with van der Waals surface area (Å²) in [6, 6.07) is 3.16. The van der Waals surface area contributed by atoms with Crippen molar-refractivity contribution in [2.45, 2.75) is 26.2 Å². The van der Waals surface area contributed by atoms with Crippen molar-refractivity contribution in [3.8, 4) is 0 Å². The van der Waals surface area contributed by atoms with Crippen LogP contribution in [0.4, 0.5) is 8.78 Å². The molecule has 0 aliphatic carbocycles. The van der Waals surface area contributed by atoms with E-state index in [9.17, 15) is 13.6 Å². The van der Waals surface area contributed by atoms with Crippen molar-refractivity contribution in [1.29, 1.82) is 0 Å². The second-order valence-electron chi connectivity index (χ2n) is 3.77. The molecule has 0 spiro atoms. The molecule has 0 saturated heterocycles. The van der Waals surface area contributed by atoms with Crippen molar-refractivity contribution >= 4 is 5.78 Å². The smallest absolute Gasteiger partial charge is 0.165 e. The molecular formula is C13H16F2O2. The molecule has 0 unspecified atom stereocenters. The SMILES string of the molecule is CCCCOCCC(=O)c1ccc(F)c(F)c1. The third-order valence-corrected chi connectivity index (χ3v) is 2.36. The molecule has 17 heavy (non-hydrogen) atoms. The Kier molecular flexibility index (Phi) is 5.77. The first-order valence-corrected chi connectivity index (χ1v) is 5.71. The fourth-order valence-corrected chi connectivity index (χ4v) is 1.33. The van der Waals surface area contributed by atoms with Crippen molar-refractivity contribution in [2.75, 3.05) is 13.2 Å². The van der Waals surface area contributed by atoms with Crippen LogP contribution in [0.3, 0.4) is 0 Å². The third kappa shape index (κ3) is 4.61. The molecule has 0 saturated carbocycles. The van der Waals surface area contributed by atoms with Crippen LogP contribution < -0.4 is 0 Å². The Morgan fingerprint density at radius 3 is 2.65 bits per heavy atom. The molecule has 0 atom stereocenters. The summed E-state index contributed by atoms with van der Waals surface area (Å²) in [6.07, 6.45) is 2.19. The number of halogens is 2. The van der Waals surface area contributed by atoms with Gasteiger partial charge in [0.25, 0.3) is 0 Å². The molecule has 0 fully saturated rings. The summed E-state index contributed by atoms with van der Waals surface area (Å²) in [4.78, 5) is 11.6. The molecule has 1 aromatic carbocycles. The van der Waals surface area contributed by atoms with Gasteiger partial charge in [0, 0.05) is 18.6 Å². The van der Waals surface area contributed by atoms with E-state index < -0.39 is 11.6 Å². The van der Waals surface area contributed by atoms with Gasteiger partial charge in [0.15, 0.2) is 17.4 Å². The highest BCUT2D eigenvalue weighted by Crippen LogP contribution is 2.10. The van der Waals surface area contributed by atoms with Gasteiger partial charge in [-0.05, 0) is 24.6 Å². The molecule has 0 heterocycles. The van der Waals surface area contributed by atoms with E-state index >= 15 is 0 Å². The lowest BCUT2D eigenvalue weighted by atomic mass is 10.1. The summed E-state index contributed by atoms with van der Waals surface area (Å²) in [5.41, 5.74) is 0.183. The van der Waals surface area contributed by atoms with Crippen LogP contribution in [-0.4, -0.2) is 19.0 Å². The van der Waals surface area contributed by atoms with Crippen molar-refractivity contribution in [2.24, 2.45) is 0 Å². The number of benzene rings is 1. The molecule has 0 bridgehead atoms. The summed E-state index contributed by atoms with van der Waals surface area (Å²) in [6.45, 7) is 3.00. The lowest BCUT2D eigenvalue weighted by molar-refractivity contribution is 0.0873. The third-order valence-electron chi connectivity index (χ3n) is 2.36. The molecule has 0 aromatic heterocycles. The quantitative estimate of drug-likeness (QED) is 0.541. The Balaban J connectivity index is 2.39.